The van der Waals surface area contributed by atoms with E-state index in [1.54, 1.807) is 0 Å². The second-order valence-corrected chi connectivity index (χ2v) is 9.45. The van der Waals surface area contributed by atoms with Crippen LogP contribution in [0.15, 0.2) is 48.5 Å². The highest BCUT2D eigenvalue weighted by Gasteiger charge is 2.23. The first kappa shape index (κ1) is 23.7. The lowest BCUT2D eigenvalue weighted by molar-refractivity contribution is -0.133. The Labute approximate surface area is 202 Å². The maximum Gasteiger partial charge on any atom is 0.260 e. The molecule has 0 unspecified atom stereocenters. The van der Waals surface area contributed by atoms with Crippen LogP contribution in [-0.4, -0.2) is 53.8 Å². The van der Waals surface area contributed by atoms with Crippen molar-refractivity contribution in [2.24, 2.45) is 0 Å². The number of amides is 1. The molecule has 1 aliphatic heterocycles. The SMILES string of the molecule is Cc1ccc(-c2ccc(N3CCN(C(=O)COc4cc(C)ccc4C(C)C)CC3)nn2)c(C)c1. The summed E-state index contributed by atoms with van der Waals surface area (Å²) in [6.45, 7) is 13.3. The first-order valence-corrected chi connectivity index (χ1v) is 12.0. The van der Waals surface area contributed by atoms with Gasteiger partial charge in [0.25, 0.3) is 5.91 Å². The van der Waals surface area contributed by atoms with E-state index in [0.717, 1.165) is 47.0 Å². The van der Waals surface area contributed by atoms with Crippen molar-refractivity contribution in [1.29, 1.82) is 0 Å². The van der Waals surface area contributed by atoms with Gasteiger partial charge < -0.3 is 14.5 Å². The summed E-state index contributed by atoms with van der Waals surface area (Å²) in [4.78, 5) is 16.8. The topological polar surface area (TPSA) is 58.6 Å². The van der Waals surface area contributed by atoms with Crippen molar-refractivity contribution in [3.05, 3.63) is 70.8 Å². The molecule has 2 heterocycles. The molecule has 0 radical (unpaired) electrons. The molecule has 34 heavy (non-hydrogen) atoms. The molecule has 1 aliphatic rings. The minimum Gasteiger partial charge on any atom is -0.483 e. The third kappa shape index (κ3) is 5.38. The highest BCUT2D eigenvalue weighted by molar-refractivity contribution is 5.78. The largest absolute Gasteiger partial charge is 0.483 e. The lowest BCUT2D eigenvalue weighted by Crippen LogP contribution is -2.50. The number of carbonyl (C=O) groups is 1. The summed E-state index contributed by atoms with van der Waals surface area (Å²) in [5, 5.41) is 8.94. The molecule has 1 aromatic heterocycles. The molecule has 0 bridgehead atoms. The lowest BCUT2D eigenvalue weighted by Gasteiger charge is -2.35. The number of piperazine rings is 1. The van der Waals surface area contributed by atoms with Crippen LogP contribution in [0, 0.1) is 20.8 Å². The zero-order valence-corrected chi connectivity index (χ0v) is 20.8. The van der Waals surface area contributed by atoms with Crippen LogP contribution in [0.1, 0.15) is 42.0 Å². The summed E-state index contributed by atoms with van der Waals surface area (Å²) < 4.78 is 5.95. The molecule has 2 aromatic carbocycles. The molecule has 6 heteroatoms. The number of benzene rings is 2. The second-order valence-electron chi connectivity index (χ2n) is 9.45. The molecule has 4 rings (SSSR count). The van der Waals surface area contributed by atoms with E-state index < -0.39 is 0 Å². The molecule has 0 aliphatic carbocycles. The summed E-state index contributed by atoms with van der Waals surface area (Å²) in [7, 11) is 0. The predicted molar refractivity (Wildman–Crippen MR) is 136 cm³/mol. The number of ether oxygens (including phenoxy) is 1. The van der Waals surface area contributed by atoms with Crippen molar-refractivity contribution >= 4 is 11.7 Å². The molecular formula is C28H34N4O2. The van der Waals surface area contributed by atoms with Gasteiger partial charge in [0.15, 0.2) is 12.4 Å². The minimum atomic E-state index is 0.0205. The van der Waals surface area contributed by atoms with Gasteiger partial charge in [0, 0.05) is 31.7 Å². The van der Waals surface area contributed by atoms with Crippen molar-refractivity contribution < 1.29 is 9.53 Å². The predicted octanol–water partition coefficient (Wildman–Crippen LogP) is 4.92. The molecule has 1 amide bonds. The maximum atomic E-state index is 12.8. The van der Waals surface area contributed by atoms with Gasteiger partial charge in [-0.3, -0.25) is 4.79 Å². The lowest BCUT2D eigenvalue weighted by atomic mass is 10.0. The van der Waals surface area contributed by atoms with Gasteiger partial charge in [-0.1, -0.05) is 49.7 Å². The first-order chi connectivity index (χ1) is 16.3. The van der Waals surface area contributed by atoms with Crippen LogP contribution in [0.4, 0.5) is 5.82 Å². The average Bonchev–Trinajstić information content (AvgIpc) is 2.83. The van der Waals surface area contributed by atoms with Crippen molar-refractivity contribution in [3.8, 4) is 17.0 Å². The fourth-order valence-corrected chi connectivity index (χ4v) is 4.40. The van der Waals surface area contributed by atoms with Gasteiger partial charge in [-0.25, -0.2) is 0 Å². The molecule has 1 saturated heterocycles. The van der Waals surface area contributed by atoms with Crippen molar-refractivity contribution in [3.63, 3.8) is 0 Å². The molecule has 178 valence electrons. The van der Waals surface area contributed by atoms with E-state index in [9.17, 15) is 4.79 Å². The van der Waals surface area contributed by atoms with E-state index in [2.05, 4.69) is 73.1 Å². The summed E-state index contributed by atoms with van der Waals surface area (Å²) in [5.74, 6) is 2.02. The van der Waals surface area contributed by atoms with Gasteiger partial charge in [0.2, 0.25) is 0 Å². The van der Waals surface area contributed by atoms with Crippen LogP contribution in [0.25, 0.3) is 11.3 Å². The highest BCUT2D eigenvalue weighted by atomic mass is 16.5. The highest BCUT2D eigenvalue weighted by Crippen LogP contribution is 2.28. The van der Waals surface area contributed by atoms with Gasteiger partial charge >= 0.3 is 0 Å². The van der Waals surface area contributed by atoms with Crippen LogP contribution in [0.3, 0.4) is 0 Å². The smallest absolute Gasteiger partial charge is 0.260 e. The van der Waals surface area contributed by atoms with Crippen LogP contribution in [0.2, 0.25) is 0 Å². The fourth-order valence-electron chi connectivity index (χ4n) is 4.40. The summed E-state index contributed by atoms with van der Waals surface area (Å²) in [5.41, 5.74) is 6.68. The standard InChI is InChI=1S/C28H34N4O2/c1-19(2)23-8-6-21(4)17-26(23)34-18-28(33)32-14-12-31(13-15-32)27-11-10-25(29-30-27)24-9-7-20(3)16-22(24)5/h6-11,16-17,19H,12-15,18H2,1-5H3. The molecule has 0 N–H and O–H groups in total. The quantitative estimate of drug-likeness (QED) is 0.525. The van der Waals surface area contributed by atoms with Gasteiger partial charge in [-0.15, -0.1) is 10.2 Å². The van der Waals surface area contributed by atoms with Crippen LogP contribution in [0.5, 0.6) is 5.75 Å². The Morgan fingerprint density at radius 1 is 0.912 bits per heavy atom. The number of aromatic nitrogens is 2. The normalized spacial score (nSPS) is 13.9. The van der Waals surface area contributed by atoms with Gasteiger partial charge in [-0.05, 0) is 61.6 Å². The summed E-state index contributed by atoms with van der Waals surface area (Å²) in [6.07, 6.45) is 0. The Bertz CT molecular complexity index is 1150. The molecular weight excluding hydrogens is 424 g/mol. The van der Waals surface area contributed by atoms with Gasteiger partial charge in [0.1, 0.15) is 5.75 Å². The Morgan fingerprint density at radius 3 is 2.26 bits per heavy atom. The zero-order chi connectivity index (χ0) is 24.2. The van der Waals surface area contributed by atoms with E-state index in [1.165, 1.54) is 11.1 Å². The molecule has 1 fully saturated rings. The van der Waals surface area contributed by atoms with E-state index in [1.807, 2.05) is 30.0 Å². The fraction of sp³-hybridized carbons (Fsp3) is 0.393. The van der Waals surface area contributed by atoms with Crippen LogP contribution >= 0.6 is 0 Å². The van der Waals surface area contributed by atoms with E-state index in [-0.39, 0.29) is 12.5 Å². The number of rotatable bonds is 6. The number of nitrogens with zero attached hydrogens (tertiary/aromatic N) is 4. The molecule has 3 aromatic rings. The van der Waals surface area contributed by atoms with Crippen LogP contribution in [-0.2, 0) is 4.79 Å². The molecule has 6 nitrogen and oxygen atoms in total. The number of aryl methyl sites for hydroxylation is 3. The van der Waals surface area contributed by atoms with Crippen molar-refractivity contribution in [2.75, 3.05) is 37.7 Å². The van der Waals surface area contributed by atoms with E-state index in [4.69, 9.17) is 4.74 Å². The Morgan fingerprint density at radius 2 is 1.62 bits per heavy atom. The van der Waals surface area contributed by atoms with Gasteiger partial charge in [0.05, 0.1) is 5.69 Å². The van der Waals surface area contributed by atoms with E-state index in [0.29, 0.717) is 19.0 Å². The van der Waals surface area contributed by atoms with Crippen molar-refractivity contribution in [2.45, 2.75) is 40.5 Å². The van der Waals surface area contributed by atoms with Gasteiger partial charge in [-0.2, -0.15) is 0 Å². The molecule has 0 atom stereocenters. The van der Waals surface area contributed by atoms with Crippen LogP contribution < -0.4 is 9.64 Å². The number of anilines is 1. The summed E-state index contributed by atoms with van der Waals surface area (Å²) >= 11 is 0. The number of carbonyl (C=O) groups excluding carboxylic acids is 1. The molecule has 0 saturated carbocycles. The second kappa shape index (κ2) is 10.2. The summed E-state index contributed by atoms with van der Waals surface area (Å²) in [6, 6.07) is 16.6. The number of hydrogen-bond acceptors (Lipinski definition) is 5. The minimum absolute atomic E-state index is 0.0205. The first-order valence-electron chi connectivity index (χ1n) is 12.0. The Hall–Kier alpha value is -3.41. The number of hydrogen-bond donors (Lipinski definition) is 0. The molecule has 0 spiro atoms. The average molecular weight is 459 g/mol. The Balaban J connectivity index is 1.33. The third-order valence-electron chi connectivity index (χ3n) is 6.41. The monoisotopic (exact) mass is 458 g/mol. The van der Waals surface area contributed by atoms with E-state index >= 15 is 0 Å². The third-order valence-corrected chi connectivity index (χ3v) is 6.41. The maximum absolute atomic E-state index is 12.8. The Kier molecular flexibility index (Phi) is 7.15. The van der Waals surface area contributed by atoms with Crippen molar-refractivity contribution in [1.82, 2.24) is 15.1 Å². The zero-order valence-electron chi connectivity index (χ0n) is 20.8.